The summed E-state index contributed by atoms with van der Waals surface area (Å²) in [5, 5.41) is 0. The third kappa shape index (κ3) is 2.81. The van der Waals surface area contributed by atoms with E-state index in [1.54, 1.807) is 26.4 Å². The maximum absolute atomic E-state index is 12.5. The number of ether oxygens (including phenoxy) is 2. The zero-order valence-corrected chi connectivity index (χ0v) is 11.7. The standard InChI is InChI=1S/C14H20N2O3/c1-15-7-9-16(10-8-15)14(17)11-5-4-6-12(18-2)13(11)19-3/h4-6H,7-10H2,1-3H3/p+1. The van der Waals surface area contributed by atoms with E-state index in [9.17, 15) is 4.79 Å². The molecular weight excluding hydrogens is 244 g/mol. The number of amides is 1. The van der Waals surface area contributed by atoms with Crippen molar-refractivity contribution in [3.8, 4) is 11.5 Å². The van der Waals surface area contributed by atoms with E-state index in [4.69, 9.17) is 9.47 Å². The fraction of sp³-hybridized carbons (Fsp3) is 0.500. The van der Waals surface area contributed by atoms with Gasteiger partial charge in [0.25, 0.3) is 5.91 Å². The highest BCUT2D eigenvalue weighted by molar-refractivity contribution is 5.97. The molecule has 1 amide bonds. The number of hydrogen-bond donors (Lipinski definition) is 1. The van der Waals surface area contributed by atoms with Gasteiger partial charge in [-0.1, -0.05) is 6.07 Å². The van der Waals surface area contributed by atoms with Gasteiger partial charge in [-0.15, -0.1) is 0 Å². The highest BCUT2D eigenvalue weighted by atomic mass is 16.5. The predicted molar refractivity (Wildman–Crippen MR) is 72.1 cm³/mol. The van der Waals surface area contributed by atoms with E-state index in [1.807, 2.05) is 11.0 Å². The lowest BCUT2D eigenvalue weighted by atomic mass is 10.1. The summed E-state index contributed by atoms with van der Waals surface area (Å²) in [5.74, 6) is 1.12. The normalized spacial score (nSPS) is 16.3. The average molecular weight is 265 g/mol. The van der Waals surface area contributed by atoms with Gasteiger partial charge in [0.15, 0.2) is 11.5 Å². The second-order valence-electron chi connectivity index (χ2n) is 4.79. The van der Waals surface area contributed by atoms with Crippen molar-refractivity contribution in [2.45, 2.75) is 0 Å². The van der Waals surface area contributed by atoms with E-state index >= 15 is 0 Å². The molecule has 0 saturated carbocycles. The first kappa shape index (κ1) is 13.7. The summed E-state index contributed by atoms with van der Waals surface area (Å²) in [7, 11) is 5.28. The Kier molecular flexibility index (Phi) is 4.27. The van der Waals surface area contributed by atoms with Crippen LogP contribution in [0.4, 0.5) is 0 Å². The Morgan fingerprint density at radius 1 is 1.21 bits per heavy atom. The Morgan fingerprint density at radius 2 is 1.89 bits per heavy atom. The van der Waals surface area contributed by atoms with Crippen molar-refractivity contribution in [2.24, 2.45) is 0 Å². The number of methoxy groups -OCH3 is 2. The minimum atomic E-state index is 0.0169. The molecule has 5 nitrogen and oxygen atoms in total. The van der Waals surface area contributed by atoms with Crippen molar-refractivity contribution in [1.29, 1.82) is 0 Å². The third-order valence-electron chi connectivity index (χ3n) is 3.54. The number of benzene rings is 1. The second-order valence-corrected chi connectivity index (χ2v) is 4.79. The van der Waals surface area contributed by atoms with Gasteiger partial charge in [0, 0.05) is 0 Å². The van der Waals surface area contributed by atoms with Crippen LogP contribution >= 0.6 is 0 Å². The second kappa shape index (κ2) is 5.93. The van der Waals surface area contributed by atoms with Crippen molar-refractivity contribution in [3.05, 3.63) is 23.8 Å². The van der Waals surface area contributed by atoms with Crippen LogP contribution in [0.25, 0.3) is 0 Å². The molecule has 1 aliphatic heterocycles. The largest absolute Gasteiger partial charge is 0.493 e. The number of hydrogen-bond acceptors (Lipinski definition) is 3. The quantitative estimate of drug-likeness (QED) is 0.814. The highest BCUT2D eigenvalue weighted by Crippen LogP contribution is 2.31. The molecule has 1 fully saturated rings. The van der Waals surface area contributed by atoms with Crippen LogP contribution in [-0.2, 0) is 0 Å². The Hall–Kier alpha value is -1.75. The molecule has 104 valence electrons. The number of carbonyl (C=O) groups excluding carboxylic acids is 1. The van der Waals surface area contributed by atoms with Gasteiger partial charge in [-0.2, -0.15) is 0 Å². The first-order chi connectivity index (χ1) is 9.17. The van der Waals surface area contributed by atoms with Gasteiger partial charge in [0.2, 0.25) is 0 Å². The Morgan fingerprint density at radius 3 is 2.47 bits per heavy atom. The molecule has 1 aromatic rings. The SMILES string of the molecule is COc1cccc(C(=O)N2CC[NH+](C)CC2)c1OC. The molecular formula is C14H21N2O3+. The summed E-state index contributed by atoms with van der Waals surface area (Å²) in [5.41, 5.74) is 0.571. The fourth-order valence-corrected chi connectivity index (χ4v) is 2.32. The number of nitrogens with zero attached hydrogens (tertiary/aromatic N) is 1. The van der Waals surface area contributed by atoms with Crippen molar-refractivity contribution in [3.63, 3.8) is 0 Å². The highest BCUT2D eigenvalue weighted by Gasteiger charge is 2.25. The molecule has 19 heavy (non-hydrogen) atoms. The molecule has 1 N–H and O–H groups in total. The van der Waals surface area contributed by atoms with Crippen LogP contribution in [0.5, 0.6) is 11.5 Å². The first-order valence-corrected chi connectivity index (χ1v) is 6.49. The number of likely N-dealkylation sites (N-methyl/N-ethyl adjacent to an activating group) is 1. The van der Waals surface area contributed by atoms with Crippen LogP contribution < -0.4 is 14.4 Å². The summed E-state index contributed by atoms with van der Waals surface area (Å²) in [6.07, 6.45) is 0. The molecule has 1 saturated heterocycles. The Labute approximate surface area is 113 Å². The Balaban J connectivity index is 2.23. The summed E-state index contributed by atoms with van der Waals surface area (Å²) >= 11 is 0. The molecule has 5 heteroatoms. The zero-order chi connectivity index (χ0) is 13.8. The molecule has 1 heterocycles. The van der Waals surface area contributed by atoms with E-state index in [-0.39, 0.29) is 5.91 Å². The van der Waals surface area contributed by atoms with E-state index in [0.29, 0.717) is 17.1 Å². The summed E-state index contributed by atoms with van der Waals surface area (Å²) in [6, 6.07) is 5.40. The number of piperazine rings is 1. The first-order valence-electron chi connectivity index (χ1n) is 6.49. The van der Waals surface area contributed by atoms with Crippen LogP contribution in [0.1, 0.15) is 10.4 Å². The van der Waals surface area contributed by atoms with Gasteiger partial charge in [-0.25, -0.2) is 0 Å². The minimum Gasteiger partial charge on any atom is -0.493 e. The van der Waals surface area contributed by atoms with Crippen molar-refractivity contribution >= 4 is 5.91 Å². The molecule has 1 aromatic carbocycles. The lowest BCUT2D eigenvalue weighted by Crippen LogP contribution is -3.12. The van der Waals surface area contributed by atoms with Gasteiger partial charge < -0.3 is 19.3 Å². The lowest BCUT2D eigenvalue weighted by Gasteiger charge is -2.30. The van der Waals surface area contributed by atoms with Gasteiger partial charge >= 0.3 is 0 Å². The van der Waals surface area contributed by atoms with Crippen LogP contribution in [0.15, 0.2) is 18.2 Å². The minimum absolute atomic E-state index is 0.0169. The number of carbonyl (C=O) groups is 1. The molecule has 2 rings (SSSR count). The van der Waals surface area contributed by atoms with E-state index in [0.717, 1.165) is 26.2 Å². The number of nitrogens with one attached hydrogen (secondary N) is 1. The van der Waals surface area contributed by atoms with Crippen molar-refractivity contribution in [1.82, 2.24) is 4.90 Å². The van der Waals surface area contributed by atoms with Crippen LogP contribution in [0, 0.1) is 0 Å². The van der Waals surface area contributed by atoms with Gasteiger partial charge in [0.1, 0.15) is 0 Å². The molecule has 0 aromatic heterocycles. The Bertz CT molecular complexity index is 454. The molecule has 0 unspecified atom stereocenters. The number of rotatable bonds is 3. The summed E-state index contributed by atoms with van der Waals surface area (Å²) < 4.78 is 10.6. The monoisotopic (exact) mass is 265 g/mol. The number of quaternary nitrogens is 1. The topological polar surface area (TPSA) is 43.2 Å². The molecule has 0 radical (unpaired) electrons. The van der Waals surface area contributed by atoms with E-state index in [2.05, 4.69) is 7.05 Å². The van der Waals surface area contributed by atoms with Crippen molar-refractivity contribution in [2.75, 3.05) is 47.4 Å². The van der Waals surface area contributed by atoms with Gasteiger partial charge in [-0.05, 0) is 12.1 Å². The zero-order valence-electron chi connectivity index (χ0n) is 11.7. The molecule has 0 atom stereocenters. The molecule has 0 spiro atoms. The van der Waals surface area contributed by atoms with Crippen LogP contribution in [0.2, 0.25) is 0 Å². The van der Waals surface area contributed by atoms with Crippen molar-refractivity contribution < 1.29 is 19.2 Å². The summed E-state index contributed by atoms with van der Waals surface area (Å²) in [6.45, 7) is 3.53. The molecule has 1 aliphatic rings. The van der Waals surface area contributed by atoms with Crippen LogP contribution in [0.3, 0.4) is 0 Å². The van der Waals surface area contributed by atoms with E-state index < -0.39 is 0 Å². The maximum atomic E-state index is 12.5. The van der Waals surface area contributed by atoms with Crippen LogP contribution in [-0.4, -0.2) is 58.3 Å². The third-order valence-corrected chi connectivity index (χ3v) is 3.54. The number of para-hydroxylation sites is 1. The molecule has 0 bridgehead atoms. The lowest BCUT2D eigenvalue weighted by molar-refractivity contribution is -0.883. The smallest absolute Gasteiger partial charge is 0.258 e. The fourth-order valence-electron chi connectivity index (χ4n) is 2.32. The van der Waals surface area contributed by atoms with E-state index in [1.165, 1.54) is 4.90 Å². The molecule has 0 aliphatic carbocycles. The van der Waals surface area contributed by atoms with Gasteiger partial charge in [0.05, 0.1) is 53.0 Å². The van der Waals surface area contributed by atoms with Gasteiger partial charge in [-0.3, -0.25) is 4.79 Å². The average Bonchev–Trinajstić information content (AvgIpc) is 2.46. The summed E-state index contributed by atoms with van der Waals surface area (Å²) in [4.78, 5) is 15.9. The predicted octanol–water partition coefficient (Wildman–Crippen LogP) is -0.326. The maximum Gasteiger partial charge on any atom is 0.258 e.